The van der Waals surface area contributed by atoms with Crippen LogP contribution in [-0.2, 0) is 11.2 Å². The molecule has 0 heterocycles. The molecule has 19 heavy (non-hydrogen) atoms. The summed E-state index contributed by atoms with van der Waals surface area (Å²) in [5.41, 5.74) is 6.89. The van der Waals surface area contributed by atoms with Crippen LogP contribution in [0.15, 0.2) is 30.3 Å². The smallest absolute Gasteiger partial charge is 0.237 e. The Hall–Kier alpha value is -1.39. The largest absolute Gasteiger partial charge is 0.391 e. The molecule has 1 amide bonds. The molecule has 4 N–H and O–H groups in total. The molecule has 0 spiro atoms. The van der Waals surface area contributed by atoms with Crippen LogP contribution in [-0.4, -0.2) is 29.7 Å². The second kappa shape index (κ2) is 7.92. The molecule has 0 aliphatic rings. The fourth-order valence-electron chi connectivity index (χ4n) is 1.77. The Morgan fingerprint density at radius 3 is 2.58 bits per heavy atom. The summed E-state index contributed by atoms with van der Waals surface area (Å²) in [7, 11) is 0. The summed E-state index contributed by atoms with van der Waals surface area (Å²) >= 11 is 0. The van der Waals surface area contributed by atoms with E-state index >= 15 is 0 Å². The topological polar surface area (TPSA) is 75.3 Å². The van der Waals surface area contributed by atoms with Crippen LogP contribution in [0.25, 0.3) is 0 Å². The summed E-state index contributed by atoms with van der Waals surface area (Å²) < 4.78 is 0. The maximum atomic E-state index is 11.8. The van der Waals surface area contributed by atoms with Gasteiger partial charge in [-0.1, -0.05) is 50.6 Å². The van der Waals surface area contributed by atoms with Gasteiger partial charge in [-0.15, -0.1) is 0 Å². The van der Waals surface area contributed by atoms with Gasteiger partial charge in [0.1, 0.15) is 0 Å². The van der Waals surface area contributed by atoms with Crippen molar-refractivity contribution in [2.24, 2.45) is 11.7 Å². The van der Waals surface area contributed by atoms with Crippen molar-refractivity contribution in [2.75, 3.05) is 6.54 Å². The quantitative estimate of drug-likeness (QED) is 0.690. The number of nitrogens with one attached hydrogen (secondary N) is 1. The van der Waals surface area contributed by atoms with Crippen LogP contribution in [0.1, 0.15) is 25.8 Å². The highest BCUT2D eigenvalue weighted by atomic mass is 16.3. The van der Waals surface area contributed by atoms with E-state index in [0.717, 1.165) is 12.0 Å². The highest BCUT2D eigenvalue weighted by Gasteiger charge is 2.17. The van der Waals surface area contributed by atoms with Gasteiger partial charge in [0.05, 0.1) is 12.1 Å². The van der Waals surface area contributed by atoms with Crippen molar-refractivity contribution >= 4 is 5.91 Å². The lowest BCUT2D eigenvalue weighted by Gasteiger charge is -2.19. The molecular weight excluding hydrogens is 240 g/mol. The zero-order valence-corrected chi connectivity index (χ0v) is 11.7. The van der Waals surface area contributed by atoms with E-state index in [9.17, 15) is 9.90 Å². The van der Waals surface area contributed by atoms with Crippen molar-refractivity contribution in [3.63, 3.8) is 0 Å². The minimum Gasteiger partial charge on any atom is -0.391 e. The van der Waals surface area contributed by atoms with Crippen LogP contribution in [0.5, 0.6) is 0 Å². The van der Waals surface area contributed by atoms with Gasteiger partial charge in [-0.3, -0.25) is 4.79 Å². The van der Waals surface area contributed by atoms with E-state index in [0.29, 0.717) is 6.42 Å². The van der Waals surface area contributed by atoms with Gasteiger partial charge in [0.25, 0.3) is 0 Å². The normalized spacial score (nSPS) is 15.6. The molecule has 1 rings (SSSR count). The highest BCUT2D eigenvalue weighted by molar-refractivity contribution is 5.81. The van der Waals surface area contributed by atoms with Gasteiger partial charge in [-0.2, -0.15) is 0 Å². The Bertz CT molecular complexity index is 381. The number of nitrogens with two attached hydrogens (primary N) is 1. The van der Waals surface area contributed by atoms with Crippen LogP contribution >= 0.6 is 0 Å². The van der Waals surface area contributed by atoms with E-state index in [1.165, 1.54) is 0 Å². The van der Waals surface area contributed by atoms with Crippen molar-refractivity contribution in [3.8, 4) is 0 Å². The van der Waals surface area contributed by atoms with Crippen molar-refractivity contribution in [1.82, 2.24) is 5.32 Å². The molecule has 0 fully saturated rings. The number of carbonyl (C=O) groups is 1. The maximum absolute atomic E-state index is 11.8. The molecule has 4 nitrogen and oxygen atoms in total. The molecule has 0 saturated heterocycles. The summed E-state index contributed by atoms with van der Waals surface area (Å²) in [6.45, 7) is 4.23. The molecule has 0 aliphatic carbocycles. The Labute approximate surface area is 115 Å². The molecule has 2 unspecified atom stereocenters. The zero-order chi connectivity index (χ0) is 14.3. The summed E-state index contributed by atoms with van der Waals surface area (Å²) in [6.07, 6.45) is 0.872. The lowest BCUT2D eigenvalue weighted by atomic mass is 10.0. The van der Waals surface area contributed by atoms with Gasteiger partial charge in [0.15, 0.2) is 0 Å². The van der Waals surface area contributed by atoms with Gasteiger partial charge in [0, 0.05) is 6.54 Å². The van der Waals surface area contributed by atoms with E-state index in [-0.39, 0.29) is 18.4 Å². The number of aliphatic hydroxyl groups is 1. The average molecular weight is 264 g/mol. The molecular formula is C15H24N2O2. The lowest BCUT2D eigenvalue weighted by molar-refractivity contribution is -0.122. The van der Waals surface area contributed by atoms with Gasteiger partial charge in [0.2, 0.25) is 5.91 Å². The van der Waals surface area contributed by atoms with Crippen LogP contribution in [0.3, 0.4) is 0 Å². The number of aliphatic hydroxyl groups excluding tert-OH is 1. The minimum atomic E-state index is -0.577. The van der Waals surface area contributed by atoms with Gasteiger partial charge in [-0.25, -0.2) is 0 Å². The highest BCUT2D eigenvalue weighted by Crippen LogP contribution is 2.06. The second-order valence-electron chi connectivity index (χ2n) is 4.99. The third-order valence-corrected chi connectivity index (χ3v) is 3.42. The monoisotopic (exact) mass is 264 g/mol. The predicted molar refractivity (Wildman–Crippen MR) is 76.6 cm³/mol. The second-order valence-corrected chi connectivity index (χ2v) is 4.99. The van der Waals surface area contributed by atoms with Crippen molar-refractivity contribution in [3.05, 3.63) is 35.9 Å². The van der Waals surface area contributed by atoms with Gasteiger partial charge in [-0.05, 0) is 17.9 Å². The van der Waals surface area contributed by atoms with Gasteiger partial charge < -0.3 is 16.2 Å². The molecule has 3 atom stereocenters. The third-order valence-electron chi connectivity index (χ3n) is 3.42. The molecule has 0 bridgehead atoms. The first-order valence-corrected chi connectivity index (χ1v) is 6.79. The van der Waals surface area contributed by atoms with Crippen LogP contribution < -0.4 is 11.1 Å². The van der Waals surface area contributed by atoms with Crippen molar-refractivity contribution in [2.45, 2.75) is 38.8 Å². The molecule has 0 radical (unpaired) electrons. The number of carbonyl (C=O) groups excluding carboxylic acids is 1. The molecule has 1 aromatic rings. The Morgan fingerprint density at radius 1 is 1.37 bits per heavy atom. The average Bonchev–Trinajstić information content (AvgIpc) is 2.44. The molecule has 1 aromatic carbocycles. The zero-order valence-electron chi connectivity index (χ0n) is 11.7. The first-order chi connectivity index (χ1) is 9.04. The first-order valence-electron chi connectivity index (χ1n) is 6.79. The van der Waals surface area contributed by atoms with Crippen LogP contribution in [0, 0.1) is 5.92 Å². The molecule has 0 aromatic heterocycles. The first kappa shape index (κ1) is 15.7. The fraction of sp³-hybridized carbons (Fsp3) is 0.533. The van der Waals surface area contributed by atoms with E-state index in [1.54, 1.807) is 0 Å². The number of rotatable bonds is 7. The lowest BCUT2D eigenvalue weighted by Crippen LogP contribution is -2.45. The molecule has 0 aliphatic heterocycles. The Kier molecular flexibility index (Phi) is 6.53. The van der Waals surface area contributed by atoms with E-state index in [1.807, 2.05) is 44.2 Å². The van der Waals surface area contributed by atoms with E-state index in [4.69, 9.17) is 5.73 Å². The Balaban J connectivity index is 2.37. The van der Waals surface area contributed by atoms with Gasteiger partial charge >= 0.3 is 0 Å². The van der Waals surface area contributed by atoms with E-state index < -0.39 is 12.1 Å². The summed E-state index contributed by atoms with van der Waals surface area (Å²) in [5.74, 6) is -0.0446. The Morgan fingerprint density at radius 2 is 2.00 bits per heavy atom. The summed E-state index contributed by atoms with van der Waals surface area (Å²) in [4.78, 5) is 11.8. The summed E-state index contributed by atoms with van der Waals surface area (Å²) in [6, 6.07) is 9.09. The maximum Gasteiger partial charge on any atom is 0.237 e. The number of hydrogen-bond acceptors (Lipinski definition) is 3. The number of amides is 1. The van der Waals surface area contributed by atoms with Crippen LogP contribution in [0.2, 0.25) is 0 Å². The molecule has 4 heteroatoms. The fourth-order valence-corrected chi connectivity index (χ4v) is 1.77. The van der Waals surface area contributed by atoms with E-state index in [2.05, 4.69) is 5.32 Å². The SMILES string of the molecule is CCC(C)C(O)CNC(=O)[C@@H](N)Cc1ccccc1. The summed E-state index contributed by atoms with van der Waals surface area (Å²) in [5, 5.41) is 12.5. The number of benzene rings is 1. The minimum absolute atomic E-state index is 0.172. The van der Waals surface area contributed by atoms with Crippen molar-refractivity contribution in [1.29, 1.82) is 0 Å². The predicted octanol–water partition coefficient (Wildman–Crippen LogP) is 1.08. The van der Waals surface area contributed by atoms with Crippen molar-refractivity contribution < 1.29 is 9.90 Å². The standard InChI is InChI=1S/C15H24N2O2/c1-3-11(2)14(18)10-17-15(19)13(16)9-12-7-5-4-6-8-12/h4-8,11,13-14,18H,3,9-10,16H2,1-2H3,(H,17,19)/t11?,13-,14?/m0/s1. The molecule has 106 valence electrons. The molecule has 0 saturated carbocycles. The third kappa shape index (κ3) is 5.41. The number of hydrogen-bond donors (Lipinski definition) is 3. The van der Waals surface area contributed by atoms with Crippen LogP contribution in [0.4, 0.5) is 0 Å².